The molecule has 0 spiro atoms. The van der Waals surface area contributed by atoms with Gasteiger partial charge < -0.3 is 9.15 Å². The summed E-state index contributed by atoms with van der Waals surface area (Å²) in [5.41, 5.74) is 0.822. The maximum absolute atomic E-state index is 12.7. The molecule has 0 radical (unpaired) electrons. The first-order valence-corrected chi connectivity index (χ1v) is 12.2. The molecule has 1 saturated heterocycles. The van der Waals surface area contributed by atoms with E-state index in [2.05, 4.69) is 22.4 Å². The molecular formula is C22H20N4O4S3. The van der Waals surface area contributed by atoms with Gasteiger partial charge in [0.05, 0.1) is 17.7 Å². The molecule has 8 nitrogen and oxygen atoms in total. The molecule has 1 aromatic carbocycles. The van der Waals surface area contributed by atoms with Crippen LogP contribution in [0.15, 0.2) is 52.0 Å². The quantitative estimate of drug-likeness (QED) is 0.339. The van der Waals surface area contributed by atoms with Crippen molar-refractivity contribution in [1.29, 1.82) is 0 Å². The van der Waals surface area contributed by atoms with Crippen molar-refractivity contribution in [2.24, 2.45) is 0 Å². The maximum atomic E-state index is 12.7. The molecule has 4 rings (SSSR count). The molecule has 0 saturated carbocycles. The molecule has 2 aromatic heterocycles. The van der Waals surface area contributed by atoms with Gasteiger partial charge in [0.15, 0.2) is 6.61 Å². The zero-order chi connectivity index (χ0) is 23.2. The lowest BCUT2D eigenvalue weighted by Crippen LogP contribution is -2.27. The van der Waals surface area contributed by atoms with Crippen LogP contribution in [0.25, 0.3) is 6.08 Å². The van der Waals surface area contributed by atoms with Crippen LogP contribution in [0.1, 0.15) is 29.7 Å². The fourth-order valence-electron chi connectivity index (χ4n) is 2.93. The topological polar surface area (TPSA) is 97.6 Å². The predicted molar refractivity (Wildman–Crippen MR) is 132 cm³/mol. The second kappa shape index (κ2) is 10.7. The second-order valence-corrected chi connectivity index (χ2v) is 9.74. The van der Waals surface area contributed by atoms with Crippen molar-refractivity contribution >= 4 is 62.7 Å². The summed E-state index contributed by atoms with van der Waals surface area (Å²) in [7, 11) is 0. The van der Waals surface area contributed by atoms with Crippen molar-refractivity contribution in [2.45, 2.75) is 26.3 Å². The number of carbonyl (C=O) groups is 2. The first-order chi connectivity index (χ1) is 16.0. The Balaban J connectivity index is 1.30. The molecule has 0 bridgehead atoms. The number of hydrogen-bond donors (Lipinski definition) is 1. The van der Waals surface area contributed by atoms with E-state index in [-0.39, 0.29) is 18.4 Å². The fraction of sp³-hybridized carbons (Fsp3) is 0.227. The van der Waals surface area contributed by atoms with E-state index in [1.54, 1.807) is 36.6 Å². The zero-order valence-electron chi connectivity index (χ0n) is 17.6. The van der Waals surface area contributed by atoms with E-state index in [1.807, 2.05) is 12.1 Å². The van der Waals surface area contributed by atoms with Gasteiger partial charge >= 0.3 is 0 Å². The molecule has 170 valence electrons. The highest BCUT2D eigenvalue weighted by molar-refractivity contribution is 8.26. The Kier molecular flexibility index (Phi) is 7.53. The third-order valence-corrected chi connectivity index (χ3v) is 6.77. The molecule has 1 fully saturated rings. The van der Waals surface area contributed by atoms with E-state index in [9.17, 15) is 9.59 Å². The van der Waals surface area contributed by atoms with Gasteiger partial charge in [0.2, 0.25) is 5.13 Å². The highest BCUT2D eigenvalue weighted by Crippen LogP contribution is 2.33. The number of aromatic nitrogens is 2. The number of nitrogens with one attached hydrogen (secondary N) is 1. The SMILES string of the molecule is CCCc1nnc(NC(=O)COc2ccc(/C=C3\SC(=S)N(Cc4ccco4)C3=O)cc2)s1. The molecule has 1 N–H and O–H groups in total. The Labute approximate surface area is 204 Å². The van der Waals surface area contributed by atoms with Gasteiger partial charge in [-0.05, 0) is 42.3 Å². The lowest BCUT2D eigenvalue weighted by Gasteiger charge is -2.11. The van der Waals surface area contributed by atoms with Gasteiger partial charge in [0.25, 0.3) is 11.8 Å². The Morgan fingerprint density at radius 2 is 2.09 bits per heavy atom. The average molecular weight is 501 g/mol. The molecule has 33 heavy (non-hydrogen) atoms. The largest absolute Gasteiger partial charge is 0.484 e. The number of thiocarbonyl (C=S) groups is 1. The molecule has 0 aliphatic carbocycles. The summed E-state index contributed by atoms with van der Waals surface area (Å²) in [6, 6.07) is 10.7. The van der Waals surface area contributed by atoms with Crippen LogP contribution in [-0.2, 0) is 22.6 Å². The number of aryl methyl sites for hydroxylation is 1. The van der Waals surface area contributed by atoms with Gasteiger partial charge in [0.1, 0.15) is 20.8 Å². The predicted octanol–water partition coefficient (Wildman–Crippen LogP) is 4.50. The molecule has 0 atom stereocenters. The Morgan fingerprint density at radius 3 is 2.82 bits per heavy atom. The van der Waals surface area contributed by atoms with Crippen molar-refractivity contribution in [3.05, 3.63) is 63.9 Å². The summed E-state index contributed by atoms with van der Waals surface area (Å²) in [5.74, 6) is 0.748. The number of furan rings is 1. The van der Waals surface area contributed by atoms with Crippen LogP contribution in [-0.4, -0.2) is 37.8 Å². The van der Waals surface area contributed by atoms with Gasteiger partial charge in [-0.2, -0.15) is 0 Å². The number of anilines is 1. The number of thioether (sulfide) groups is 1. The van der Waals surface area contributed by atoms with Crippen molar-refractivity contribution in [3.8, 4) is 5.75 Å². The summed E-state index contributed by atoms with van der Waals surface area (Å²) in [4.78, 5) is 26.9. The monoisotopic (exact) mass is 500 g/mol. The minimum atomic E-state index is -0.307. The number of carbonyl (C=O) groups excluding carboxylic acids is 2. The molecule has 2 amide bonds. The van der Waals surface area contributed by atoms with Gasteiger partial charge in [-0.3, -0.25) is 19.8 Å². The number of nitrogens with zero attached hydrogens (tertiary/aromatic N) is 3. The molecule has 11 heteroatoms. The summed E-state index contributed by atoms with van der Waals surface area (Å²) in [6.45, 7) is 2.22. The van der Waals surface area contributed by atoms with E-state index >= 15 is 0 Å². The van der Waals surface area contributed by atoms with E-state index in [1.165, 1.54) is 28.0 Å². The average Bonchev–Trinajstić information content (AvgIpc) is 3.53. The van der Waals surface area contributed by atoms with E-state index in [0.29, 0.717) is 32.4 Å². The Morgan fingerprint density at radius 1 is 1.27 bits per heavy atom. The number of ether oxygens (including phenoxy) is 1. The molecule has 1 aliphatic heterocycles. The van der Waals surface area contributed by atoms with Gasteiger partial charge in [-0.15, -0.1) is 10.2 Å². The third kappa shape index (κ3) is 6.06. The Hall–Kier alpha value is -3.02. The van der Waals surface area contributed by atoms with Gasteiger partial charge in [0, 0.05) is 6.42 Å². The molecule has 1 aliphatic rings. The van der Waals surface area contributed by atoms with E-state index in [4.69, 9.17) is 21.4 Å². The third-order valence-electron chi connectivity index (χ3n) is 4.49. The van der Waals surface area contributed by atoms with Crippen LogP contribution in [0.5, 0.6) is 5.75 Å². The molecule has 0 unspecified atom stereocenters. The molecular weight excluding hydrogens is 480 g/mol. The van der Waals surface area contributed by atoms with E-state index < -0.39 is 0 Å². The first-order valence-electron chi connectivity index (χ1n) is 10.1. The minimum absolute atomic E-state index is 0.145. The first kappa shape index (κ1) is 23.1. The summed E-state index contributed by atoms with van der Waals surface area (Å²) in [5, 5.41) is 12.0. The van der Waals surface area contributed by atoms with Gasteiger partial charge in [-0.1, -0.05) is 54.4 Å². The number of benzene rings is 1. The van der Waals surface area contributed by atoms with Crippen LogP contribution in [0.3, 0.4) is 0 Å². The normalized spacial score (nSPS) is 14.8. The Bertz CT molecular complexity index is 1170. The van der Waals surface area contributed by atoms with Crippen LogP contribution in [0.4, 0.5) is 5.13 Å². The minimum Gasteiger partial charge on any atom is -0.484 e. The summed E-state index contributed by atoms with van der Waals surface area (Å²) in [6.07, 6.45) is 5.16. The molecule has 3 aromatic rings. The summed E-state index contributed by atoms with van der Waals surface area (Å²) < 4.78 is 11.3. The highest BCUT2D eigenvalue weighted by Gasteiger charge is 2.32. The highest BCUT2D eigenvalue weighted by atomic mass is 32.2. The van der Waals surface area contributed by atoms with Crippen molar-refractivity contribution in [1.82, 2.24) is 15.1 Å². The zero-order valence-corrected chi connectivity index (χ0v) is 20.1. The van der Waals surface area contributed by atoms with Gasteiger partial charge in [-0.25, -0.2) is 0 Å². The van der Waals surface area contributed by atoms with Crippen molar-refractivity contribution < 1.29 is 18.7 Å². The summed E-state index contributed by atoms with van der Waals surface area (Å²) >= 11 is 7.96. The van der Waals surface area contributed by atoms with Crippen LogP contribution < -0.4 is 10.1 Å². The lowest BCUT2D eigenvalue weighted by atomic mass is 10.2. The van der Waals surface area contributed by atoms with Crippen molar-refractivity contribution in [3.63, 3.8) is 0 Å². The number of rotatable bonds is 9. The van der Waals surface area contributed by atoms with Crippen molar-refractivity contribution in [2.75, 3.05) is 11.9 Å². The number of amides is 2. The fourth-order valence-corrected chi connectivity index (χ4v) is 5.04. The molecule has 3 heterocycles. The second-order valence-electron chi connectivity index (χ2n) is 7.00. The van der Waals surface area contributed by atoms with Crippen LogP contribution in [0.2, 0.25) is 0 Å². The smallest absolute Gasteiger partial charge is 0.266 e. The van der Waals surface area contributed by atoms with Crippen LogP contribution in [0, 0.1) is 0 Å². The standard InChI is InChI=1S/C22H20N4O4S3/c1-2-4-19-24-25-21(33-19)23-18(27)13-30-15-8-6-14(7-9-15)11-17-20(28)26(22(31)32-17)12-16-5-3-10-29-16/h3,5-11H,2,4,12-13H2,1H3,(H,23,25,27)/b17-11-. The van der Waals surface area contributed by atoms with E-state index in [0.717, 1.165) is 23.4 Å². The maximum Gasteiger partial charge on any atom is 0.266 e. The van der Waals surface area contributed by atoms with Crippen LogP contribution >= 0.6 is 35.3 Å². The lowest BCUT2D eigenvalue weighted by molar-refractivity contribution is -0.122. The number of hydrogen-bond acceptors (Lipinski definition) is 9.